The fourth-order valence-electron chi connectivity index (χ4n) is 1.26. The molecule has 0 bridgehead atoms. The monoisotopic (exact) mass is 234 g/mol. The number of aliphatic hydroxyl groups is 2. The third kappa shape index (κ3) is 3.23. The van der Waals surface area contributed by atoms with Gasteiger partial charge in [-0.15, -0.1) is 0 Å². The molecule has 1 aromatic rings. The number of nitriles is 1. The zero-order chi connectivity index (χ0) is 12.0. The maximum Gasteiger partial charge on any atom is 0.106 e. The van der Waals surface area contributed by atoms with Crippen LogP contribution in [0.5, 0.6) is 0 Å². The van der Waals surface area contributed by atoms with Gasteiger partial charge in [0.1, 0.15) is 6.10 Å². The second kappa shape index (κ2) is 6.11. The Kier molecular flexibility index (Phi) is 4.77. The quantitative estimate of drug-likeness (QED) is 0.614. The van der Waals surface area contributed by atoms with Gasteiger partial charge in [-0.25, -0.2) is 0 Å². The summed E-state index contributed by atoms with van der Waals surface area (Å²) in [5.74, 6) is 0. The van der Waals surface area contributed by atoms with Crippen molar-refractivity contribution in [3.63, 3.8) is 0 Å². The van der Waals surface area contributed by atoms with Crippen LogP contribution in [0, 0.1) is 11.3 Å². The zero-order valence-corrected chi connectivity index (χ0v) is 9.18. The van der Waals surface area contributed by atoms with Crippen molar-refractivity contribution < 1.29 is 10.2 Å². The SMILES string of the molecule is N#CCC(O)C(O)c1cccc(N=C=S)c1. The minimum Gasteiger partial charge on any atom is -0.389 e. The van der Waals surface area contributed by atoms with Gasteiger partial charge >= 0.3 is 0 Å². The molecule has 0 saturated heterocycles. The number of aliphatic hydroxyl groups excluding tert-OH is 2. The Hall–Kier alpha value is -1.57. The lowest BCUT2D eigenvalue weighted by molar-refractivity contribution is 0.0216. The maximum absolute atomic E-state index is 9.72. The molecule has 2 atom stereocenters. The topological polar surface area (TPSA) is 76.6 Å². The standard InChI is InChI=1S/C11H10N2O2S/c12-5-4-10(14)11(15)8-2-1-3-9(6-8)13-7-16/h1-3,6,10-11,14-15H,4H2. The largest absolute Gasteiger partial charge is 0.389 e. The summed E-state index contributed by atoms with van der Waals surface area (Å²) in [7, 11) is 0. The second-order valence-electron chi connectivity index (χ2n) is 3.17. The Labute approximate surface area is 98.5 Å². The summed E-state index contributed by atoms with van der Waals surface area (Å²) >= 11 is 4.46. The van der Waals surface area contributed by atoms with E-state index in [1.54, 1.807) is 30.3 Å². The highest BCUT2D eigenvalue weighted by Crippen LogP contribution is 2.22. The third-order valence-corrected chi connectivity index (χ3v) is 2.14. The first-order chi connectivity index (χ1) is 7.69. The van der Waals surface area contributed by atoms with Gasteiger partial charge in [0.05, 0.1) is 29.4 Å². The molecule has 0 spiro atoms. The molecule has 1 rings (SSSR count). The number of hydrogen-bond donors (Lipinski definition) is 2. The summed E-state index contributed by atoms with van der Waals surface area (Å²) in [6.07, 6.45) is -2.32. The molecule has 5 heteroatoms. The number of hydrogen-bond acceptors (Lipinski definition) is 5. The summed E-state index contributed by atoms with van der Waals surface area (Å²) in [4.78, 5) is 3.76. The lowest BCUT2D eigenvalue weighted by atomic mass is 10.0. The van der Waals surface area contributed by atoms with E-state index in [1.807, 2.05) is 0 Å². The summed E-state index contributed by atoms with van der Waals surface area (Å²) < 4.78 is 0. The lowest BCUT2D eigenvalue weighted by Crippen LogP contribution is -2.17. The average Bonchev–Trinajstić information content (AvgIpc) is 2.29. The smallest absolute Gasteiger partial charge is 0.106 e. The number of benzene rings is 1. The van der Waals surface area contributed by atoms with Crippen molar-refractivity contribution in [3.05, 3.63) is 29.8 Å². The van der Waals surface area contributed by atoms with E-state index in [9.17, 15) is 10.2 Å². The van der Waals surface area contributed by atoms with E-state index in [-0.39, 0.29) is 6.42 Å². The molecule has 0 aliphatic carbocycles. The Morgan fingerprint density at radius 3 is 2.81 bits per heavy atom. The molecule has 0 amide bonds. The van der Waals surface area contributed by atoms with Crippen molar-refractivity contribution in [3.8, 4) is 6.07 Å². The Bertz CT molecular complexity index is 450. The number of thiocarbonyl (C=S) groups is 1. The Morgan fingerprint density at radius 2 is 2.19 bits per heavy atom. The molecule has 0 radical (unpaired) electrons. The summed E-state index contributed by atoms with van der Waals surface area (Å²) in [6, 6.07) is 8.41. The first-order valence-corrected chi connectivity index (χ1v) is 5.00. The Morgan fingerprint density at radius 1 is 1.44 bits per heavy atom. The predicted molar refractivity (Wildman–Crippen MR) is 62.3 cm³/mol. The van der Waals surface area contributed by atoms with Crippen molar-refractivity contribution in [2.75, 3.05) is 0 Å². The molecule has 16 heavy (non-hydrogen) atoms. The Balaban J connectivity index is 2.91. The van der Waals surface area contributed by atoms with Crippen LogP contribution in [0.4, 0.5) is 5.69 Å². The van der Waals surface area contributed by atoms with E-state index in [0.29, 0.717) is 11.3 Å². The van der Waals surface area contributed by atoms with Gasteiger partial charge in [0.25, 0.3) is 0 Å². The minimum absolute atomic E-state index is 0.123. The summed E-state index contributed by atoms with van der Waals surface area (Å²) in [6.45, 7) is 0. The highest BCUT2D eigenvalue weighted by molar-refractivity contribution is 7.78. The summed E-state index contributed by atoms with van der Waals surface area (Å²) in [5, 5.41) is 29.8. The van der Waals surface area contributed by atoms with E-state index in [1.165, 1.54) is 0 Å². The molecule has 1 aromatic carbocycles. The second-order valence-corrected chi connectivity index (χ2v) is 3.36. The van der Waals surface area contributed by atoms with E-state index in [0.717, 1.165) is 0 Å². The minimum atomic E-state index is -1.10. The molecule has 0 aliphatic rings. The van der Waals surface area contributed by atoms with Crippen LogP contribution in [-0.4, -0.2) is 21.5 Å². The van der Waals surface area contributed by atoms with Crippen LogP contribution in [-0.2, 0) is 0 Å². The molecular weight excluding hydrogens is 224 g/mol. The predicted octanol–water partition coefficient (Wildman–Crippen LogP) is 1.73. The van der Waals surface area contributed by atoms with Gasteiger partial charge in [-0.05, 0) is 29.9 Å². The van der Waals surface area contributed by atoms with E-state index in [2.05, 4.69) is 22.4 Å². The third-order valence-electron chi connectivity index (χ3n) is 2.05. The van der Waals surface area contributed by atoms with Crippen molar-refractivity contribution >= 4 is 23.1 Å². The normalized spacial score (nSPS) is 13.3. The van der Waals surface area contributed by atoms with E-state index >= 15 is 0 Å². The molecule has 2 unspecified atom stereocenters. The van der Waals surface area contributed by atoms with Crippen LogP contribution < -0.4 is 0 Å². The molecule has 0 aromatic heterocycles. The molecule has 4 nitrogen and oxygen atoms in total. The van der Waals surface area contributed by atoms with Gasteiger partial charge in [0.2, 0.25) is 0 Å². The van der Waals surface area contributed by atoms with Gasteiger partial charge in [0, 0.05) is 0 Å². The van der Waals surface area contributed by atoms with Crippen LogP contribution in [0.2, 0.25) is 0 Å². The number of isothiocyanates is 1. The number of aliphatic imine (C=N–C) groups is 1. The van der Waals surface area contributed by atoms with Crippen molar-refractivity contribution in [2.45, 2.75) is 18.6 Å². The van der Waals surface area contributed by atoms with Crippen molar-refractivity contribution in [2.24, 2.45) is 4.99 Å². The van der Waals surface area contributed by atoms with Gasteiger partial charge in [-0.2, -0.15) is 10.3 Å². The highest BCUT2D eigenvalue weighted by atomic mass is 32.1. The first-order valence-electron chi connectivity index (χ1n) is 4.60. The molecule has 82 valence electrons. The van der Waals surface area contributed by atoms with Crippen LogP contribution in [0.15, 0.2) is 29.3 Å². The molecule has 2 N–H and O–H groups in total. The first kappa shape index (κ1) is 12.5. The average molecular weight is 234 g/mol. The van der Waals surface area contributed by atoms with E-state index < -0.39 is 12.2 Å². The molecule has 0 fully saturated rings. The van der Waals surface area contributed by atoms with Crippen molar-refractivity contribution in [1.82, 2.24) is 0 Å². The highest BCUT2D eigenvalue weighted by Gasteiger charge is 2.17. The molecule has 0 aliphatic heterocycles. The van der Waals surface area contributed by atoms with Crippen LogP contribution in [0.3, 0.4) is 0 Å². The van der Waals surface area contributed by atoms with Gasteiger partial charge in [-0.3, -0.25) is 0 Å². The number of rotatable bonds is 4. The molecule has 0 heterocycles. The maximum atomic E-state index is 9.72. The fourth-order valence-corrected chi connectivity index (χ4v) is 1.36. The van der Waals surface area contributed by atoms with Gasteiger partial charge in [-0.1, -0.05) is 12.1 Å². The lowest BCUT2D eigenvalue weighted by Gasteiger charge is -2.15. The van der Waals surface area contributed by atoms with Crippen molar-refractivity contribution in [1.29, 1.82) is 5.26 Å². The number of nitrogens with zero attached hydrogens (tertiary/aromatic N) is 2. The van der Waals surface area contributed by atoms with Gasteiger partial charge < -0.3 is 10.2 Å². The fraction of sp³-hybridized carbons (Fsp3) is 0.273. The zero-order valence-electron chi connectivity index (χ0n) is 8.37. The van der Waals surface area contributed by atoms with Crippen LogP contribution in [0.25, 0.3) is 0 Å². The molecule has 0 saturated carbocycles. The summed E-state index contributed by atoms with van der Waals surface area (Å²) in [5.41, 5.74) is 1.05. The molecular formula is C11H10N2O2S. The van der Waals surface area contributed by atoms with E-state index in [4.69, 9.17) is 5.26 Å². The van der Waals surface area contributed by atoms with Crippen LogP contribution in [0.1, 0.15) is 18.1 Å². The van der Waals surface area contributed by atoms with Crippen LogP contribution >= 0.6 is 12.2 Å². The van der Waals surface area contributed by atoms with Gasteiger partial charge in [0.15, 0.2) is 0 Å².